The molecule has 3 nitrogen and oxygen atoms in total. The molecular weight excluding hydrogens is 267 g/mol. The minimum atomic E-state index is -0.706. The molecule has 0 aliphatic heterocycles. The SMILES string of the molecule is OC(Cn1ccnc1-c1ccccc1)c1ccc(F)cc1. The predicted octanol–water partition coefficient (Wildman–Crippen LogP) is 3.42. The molecule has 0 saturated carbocycles. The quantitative estimate of drug-likeness (QED) is 0.796. The molecule has 0 fully saturated rings. The fraction of sp³-hybridized carbons (Fsp3) is 0.118. The normalized spacial score (nSPS) is 12.3. The molecule has 3 rings (SSSR count). The number of hydrogen-bond donors (Lipinski definition) is 1. The van der Waals surface area contributed by atoms with Crippen LogP contribution in [0.3, 0.4) is 0 Å². The summed E-state index contributed by atoms with van der Waals surface area (Å²) in [6, 6.07) is 15.7. The number of aromatic nitrogens is 2. The Morgan fingerprint density at radius 3 is 2.48 bits per heavy atom. The van der Waals surface area contributed by atoms with E-state index in [1.807, 2.05) is 41.1 Å². The van der Waals surface area contributed by atoms with Crippen LogP contribution in [-0.4, -0.2) is 14.7 Å². The minimum absolute atomic E-state index is 0.307. The molecule has 3 aromatic rings. The standard InChI is InChI=1S/C17H15FN2O/c18-15-8-6-13(7-9-15)16(21)12-20-11-10-19-17(20)14-4-2-1-3-5-14/h1-11,16,21H,12H2. The van der Waals surface area contributed by atoms with Crippen molar-refractivity contribution in [2.75, 3.05) is 0 Å². The molecule has 21 heavy (non-hydrogen) atoms. The van der Waals surface area contributed by atoms with Crippen LogP contribution in [0, 0.1) is 5.82 Å². The summed E-state index contributed by atoms with van der Waals surface area (Å²) in [6.07, 6.45) is 2.83. The minimum Gasteiger partial charge on any atom is -0.387 e. The Hall–Kier alpha value is -2.46. The molecule has 0 radical (unpaired) electrons. The van der Waals surface area contributed by atoms with E-state index in [0.29, 0.717) is 12.1 Å². The first kappa shape index (κ1) is 13.5. The molecule has 1 aromatic heterocycles. The van der Waals surface area contributed by atoms with Gasteiger partial charge >= 0.3 is 0 Å². The van der Waals surface area contributed by atoms with Crippen molar-refractivity contribution in [3.63, 3.8) is 0 Å². The lowest BCUT2D eigenvalue weighted by molar-refractivity contribution is 0.157. The zero-order valence-corrected chi connectivity index (χ0v) is 11.4. The van der Waals surface area contributed by atoms with E-state index < -0.39 is 6.10 Å². The van der Waals surface area contributed by atoms with E-state index in [9.17, 15) is 9.50 Å². The largest absolute Gasteiger partial charge is 0.387 e. The van der Waals surface area contributed by atoms with Crippen molar-refractivity contribution in [1.29, 1.82) is 0 Å². The smallest absolute Gasteiger partial charge is 0.139 e. The molecule has 4 heteroatoms. The average molecular weight is 282 g/mol. The molecule has 0 bridgehead atoms. The van der Waals surface area contributed by atoms with Crippen LogP contribution < -0.4 is 0 Å². The lowest BCUT2D eigenvalue weighted by Crippen LogP contribution is -2.09. The van der Waals surface area contributed by atoms with Gasteiger partial charge in [-0.3, -0.25) is 0 Å². The van der Waals surface area contributed by atoms with Gasteiger partial charge in [-0.05, 0) is 17.7 Å². The number of imidazole rings is 1. The predicted molar refractivity (Wildman–Crippen MR) is 79.0 cm³/mol. The van der Waals surface area contributed by atoms with Gasteiger partial charge in [0.25, 0.3) is 0 Å². The molecule has 1 N–H and O–H groups in total. The van der Waals surface area contributed by atoms with Crippen molar-refractivity contribution in [2.24, 2.45) is 0 Å². The molecule has 0 aliphatic carbocycles. The van der Waals surface area contributed by atoms with Crippen molar-refractivity contribution in [3.05, 3.63) is 78.4 Å². The van der Waals surface area contributed by atoms with Gasteiger partial charge in [-0.15, -0.1) is 0 Å². The van der Waals surface area contributed by atoms with E-state index in [-0.39, 0.29) is 5.82 Å². The van der Waals surface area contributed by atoms with Crippen molar-refractivity contribution >= 4 is 0 Å². The second-order valence-electron chi connectivity index (χ2n) is 4.84. The number of rotatable bonds is 4. The summed E-state index contributed by atoms with van der Waals surface area (Å²) >= 11 is 0. The van der Waals surface area contributed by atoms with Crippen LogP contribution >= 0.6 is 0 Å². The van der Waals surface area contributed by atoms with E-state index in [1.54, 1.807) is 18.3 Å². The second kappa shape index (κ2) is 5.89. The van der Waals surface area contributed by atoms with Crippen LogP contribution in [0.1, 0.15) is 11.7 Å². The van der Waals surface area contributed by atoms with Crippen molar-refractivity contribution in [3.8, 4) is 11.4 Å². The third-order valence-corrected chi connectivity index (χ3v) is 3.37. The summed E-state index contributed by atoms with van der Waals surface area (Å²) in [5, 5.41) is 10.3. The van der Waals surface area contributed by atoms with Crippen LogP contribution in [0.4, 0.5) is 4.39 Å². The Bertz CT molecular complexity index is 707. The summed E-state index contributed by atoms with van der Waals surface area (Å²) in [7, 11) is 0. The molecule has 106 valence electrons. The van der Waals surface area contributed by atoms with Crippen LogP contribution in [0.15, 0.2) is 67.0 Å². The fourth-order valence-electron chi connectivity index (χ4n) is 2.28. The van der Waals surface area contributed by atoms with Gasteiger partial charge in [0.1, 0.15) is 11.6 Å². The number of aliphatic hydroxyl groups is 1. The van der Waals surface area contributed by atoms with Gasteiger partial charge in [0.05, 0.1) is 12.6 Å². The Labute approximate surface area is 122 Å². The van der Waals surface area contributed by atoms with E-state index in [4.69, 9.17) is 0 Å². The van der Waals surface area contributed by atoms with Crippen molar-refractivity contribution < 1.29 is 9.50 Å². The van der Waals surface area contributed by atoms with E-state index in [1.165, 1.54) is 12.1 Å². The molecule has 2 aromatic carbocycles. The fourth-order valence-corrected chi connectivity index (χ4v) is 2.28. The number of nitrogens with zero attached hydrogens (tertiary/aromatic N) is 2. The van der Waals surface area contributed by atoms with Crippen molar-refractivity contribution in [2.45, 2.75) is 12.6 Å². The highest BCUT2D eigenvalue weighted by molar-refractivity contribution is 5.55. The number of hydrogen-bond acceptors (Lipinski definition) is 2. The molecule has 0 amide bonds. The first-order chi connectivity index (χ1) is 10.2. The molecule has 0 spiro atoms. The molecular formula is C17H15FN2O. The molecule has 1 atom stereocenters. The maximum atomic E-state index is 12.9. The zero-order valence-electron chi connectivity index (χ0n) is 11.4. The van der Waals surface area contributed by atoms with Gasteiger partial charge in [-0.2, -0.15) is 0 Å². The lowest BCUT2D eigenvalue weighted by atomic mass is 10.1. The molecule has 0 saturated heterocycles. The van der Waals surface area contributed by atoms with Gasteiger partial charge in [0, 0.05) is 18.0 Å². The summed E-state index contributed by atoms with van der Waals surface area (Å²) < 4.78 is 14.8. The molecule has 0 aliphatic rings. The van der Waals surface area contributed by atoms with Crippen LogP contribution in [0.2, 0.25) is 0 Å². The zero-order chi connectivity index (χ0) is 14.7. The highest BCUT2D eigenvalue weighted by Crippen LogP contribution is 2.21. The number of aliphatic hydroxyl groups excluding tert-OH is 1. The van der Waals surface area contributed by atoms with Crippen LogP contribution in [0.5, 0.6) is 0 Å². The number of halogens is 1. The van der Waals surface area contributed by atoms with Crippen LogP contribution in [-0.2, 0) is 6.54 Å². The van der Waals surface area contributed by atoms with Gasteiger partial charge in [-0.25, -0.2) is 9.37 Å². The highest BCUT2D eigenvalue weighted by Gasteiger charge is 2.12. The topological polar surface area (TPSA) is 38.0 Å². The summed E-state index contributed by atoms with van der Waals surface area (Å²) in [4.78, 5) is 4.34. The Morgan fingerprint density at radius 1 is 1.05 bits per heavy atom. The maximum Gasteiger partial charge on any atom is 0.139 e. The van der Waals surface area contributed by atoms with Gasteiger partial charge in [0.2, 0.25) is 0 Å². The van der Waals surface area contributed by atoms with Gasteiger partial charge in [-0.1, -0.05) is 42.5 Å². The maximum absolute atomic E-state index is 12.9. The third kappa shape index (κ3) is 3.01. The molecule has 1 unspecified atom stereocenters. The Balaban J connectivity index is 1.83. The Morgan fingerprint density at radius 2 is 1.76 bits per heavy atom. The first-order valence-corrected chi connectivity index (χ1v) is 6.74. The number of benzene rings is 2. The van der Waals surface area contributed by atoms with E-state index in [2.05, 4.69) is 4.98 Å². The summed E-state index contributed by atoms with van der Waals surface area (Å²) in [6.45, 7) is 0.371. The highest BCUT2D eigenvalue weighted by atomic mass is 19.1. The van der Waals surface area contributed by atoms with Gasteiger partial charge < -0.3 is 9.67 Å². The van der Waals surface area contributed by atoms with E-state index in [0.717, 1.165) is 11.4 Å². The van der Waals surface area contributed by atoms with E-state index >= 15 is 0 Å². The van der Waals surface area contributed by atoms with Gasteiger partial charge in [0.15, 0.2) is 0 Å². The third-order valence-electron chi connectivity index (χ3n) is 3.37. The van der Waals surface area contributed by atoms with Crippen molar-refractivity contribution in [1.82, 2.24) is 9.55 Å². The summed E-state index contributed by atoms with van der Waals surface area (Å²) in [5.41, 5.74) is 1.68. The monoisotopic (exact) mass is 282 g/mol. The second-order valence-corrected chi connectivity index (χ2v) is 4.84. The Kier molecular flexibility index (Phi) is 3.79. The van der Waals surface area contributed by atoms with Crippen LogP contribution in [0.25, 0.3) is 11.4 Å². The lowest BCUT2D eigenvalue weighted by Gasteiger charge is -2.14. The first-order valence-electron chi connectivity index (χ1n) is 6.74. The summed E-state index contributed by atoms with van der Waals surface area (Å²) in [5.74, 6) is 0.496. The average Bonchev–Trinajstić information content (AvgIpc) is 2.97. The molecule has 1 heterocycles.